The summed E-state index contributed by atoms with van der Waals surface area (Å²) in [5.41, 5.74) is 2.71. The number of nitrogens with one attached hydrogen (secondary N) is 1. The third-order valence-corrected chi connectivity index (χ3v) is 5.13. The molecule has 1 aromatic carbocycles. The molecule has 0 fully saturated rings. The largest absolute Gasteiger partial charge is 0.481 e. The third kappa shape index (κ3) is 4.91. The number of nitrogens with zero attached hydrogens (tertiary/aromatic N) is 5. The fraction of sp³-hybridized carbons (Fsp3) is 0.304. The zero-order valence-corrected chi connectivity index (χ0v) is 17.5. The number of hydrogen-bond acceptors (Lipinski definition) is 5. The predicted molar refractivity (Wildman–Crippen MR) is 120 cm³/mol. The molecule has 0 unspecified atom stereocenters. The van der Waals surface area contributed by atoms with Crippen molar-refractivity contribution in [1.29, 1.82) is 0 Å². The number of unbranched alkanes of at least 4 members (excludes halogenated alkanes) is 3. The van der Waals surface area contributed by atoms with Gasteiger partial charge in [-0.3, -0.25) is 9.78 Å². The van der Waals surface area contributed by atoms with Crippen LogP contribution in [-0.2, 0) is 11.2 Å². The summed E-state index contributed by atoms with van der Waals surface area (Å²) < 4.78 is 3.54. The van der Waals surface area contributed by atoms with Gasteiger partial charge in [0.05, 0.1) is 30.5 Å². The Balaban J connectivity index is 1.57. The van der Waals surface area contributed by atoms with Gasteiger partial charge in [-0.2, -0.15) is 5.10 Å². The van der Waals surface area contributed by atoms with E-state index in [1.165, 1.54) is 19.3 Å². The Kier molecular flexibility index (Phi) is 6.26. The van der Waals surface area contributed by atoms with Gasteiger partial charge in [0.2, 0.25) is 0 Å². The minimum absolute atomic E-state index is 0.0296. The molecular formula is C23H26N6O2. The van der Waals surface area contributed by atoms with Gasteiger partial charge in [-0.05, 0) is 36.2 Å². The quantitative estimate of drug-likeness (QED) is 0.374. The number of carbonyl (C=O) groups is 1. The molecule has 0 atom stereocenters. The van der Waals surface area contributed by atoms with Crippen molar-refractivity contribution in [3.63, 3.8) is 0 Å². The van der Waals surface area contributed by atoms with Crippen molar-refractivity contribution in [3.8, 4) is 11.6 Å². The van der Waals surface area contributed by atoms with E-state index in [9.17, 15) is 4.79 Å². The average molecular weight is 419 g/mol. The number of hydrogen-bond donors (Lipinski definition) is 2. The van der Waals surface area contributed by atoms with E-state index in [0.29, 0.717) is 17.2 Å². The molecular weight excluding hydrogens is 392 g/mol. The maximum atomic E-state index is 10.9. The lowest BCUT2D eigenvalue weighted by Gasteiger charge is -2.08. The van der Waals surface area contributed by atoms with Gasteiger partial charge in [0, 0.05) is 30.0 Å². The Morgan fingerprint density at radius 2 is 1.97 bits per heavy atom. The lowest BCUT2D eigenvalue weighted by atomic mass is 10.2. The van der Waals surface area contributed by atoms with E-state index in [1.807, 2.05) is 6.20 Å². The van der Waals surface area contributed by atoms with Crippen molar-refractivity contribution in [1.82, 2.24) is 24.3 Å². The van der Waals surface area contributed by atoms with Gasteiger partial charge < -0.3 is 15.0 Å². The van der Waals surface area contributed by atoms with Crippen molar-refractivity contribution in [2.24, 2.45) is 0 Å². The van der Waals surface area contributed by atoms with Crippen LogP contribution in [0.2, 0.25) is 0 Å². The van der Waals surface area contributed by atoms with Crippen LogP contribution in [0.4, 0.5) is 5.69 Å². The molecule has 31 heavy (non-hydrogen) atoms. The summed E-state index contributed by atoms with van der Waals surface area (Å²) in [6.45, 7) is 3.16. The van der Waals surface area contributed by atoms with E-state index in [1.54, 1.807) is 40.1 Å². The summed E-state index contributed by atoms with van der Waals surface area (Å²) in [6, 6.07) is 7.97. The van der Waals surface area contributed by atoms with Crippen molar-refractivity contribution in [3.05, 3.63) is 60.8 Å². The Morgan fingerprint density at radius 1 is 1.10 bits per heavy atom. The molecule has 160 valence electrons. The topological polar surface area (TPSA) is 97.9 Å². The van der Waals surface area contributed by atoms with Crippen molar-refractivity contribution >= 4 is 22.6 Å². The van der Waals surface area contributed by atoms with E-state index >= 15 is 0 Å². The first-order valence-electron chi connectivity index (χ1n) is 10.6. The standard InChI is InChI=1S/C23H26N6O2/c1-2-3-4-5-9-25-19-7-6-18-13-26-29(20(18)12-19)22-15-24-14-21(27-22)28-10-8-17(16-28)11-23(30)31/h6-8,10,12-16,25H,2-5,9,11H2,1H3,(H,30,31). The molecule has 0 radical (unpaired) electrons. The highest BCUT2D eigenvalue weighted by Crippen LogP contribution is 2.22. The SMILES string of the molecule is CCCCCCNc1ccc2cnn(-c3cncc(-n4ccc(CC(=O)O)c4)n3)c2c1. The average Bonchev–Trinajstić information content (AvgIpc) is 3.40. The summed E-state index contributed by atoms with van der Waals surface area (Å²) in [7, 11) is 0. The Labute approximate surface area is 180 Å². The van der Waals surface area contributed by atoms with E-state index in [-0.39, 0.29) is 6.42 Å². The molecule has 3 heterocycles. The Morgan fingerprint density at radius 3 is 2.81 bits per heavy atom. The lowest BCUT2D eigenvalue weighted by molar-refractivity contribution is -0.136. The molecule has 0 aliphatic rings. The second kappa shape index (κ2) is 9.42. The summed E-state index contributed by atoms with van der Waals surface area (Å²) in [5, 5.41) is 18.0. The number of aromatic nitrogens is 5. The van der Waals surface area contributed by atoms with Gasteiger partial charge in [-0.15, -0.1) is 0 Å². The van der Waals surface area contributed by atoms with E-state index in [0.717, 1.165) is 29.6 Å². The Bertz CT molecular complexity index is 1180. The molecule has 0 bridgehead atoms. The monoisotopic (exact) mass is 418 g/mol. The number of carboxylic acid groups (broad SMARTS) is 1. The molecule has 0 saturated carbocycles. The number of aliphatic carboxylic acids is 1. The minimum Gasteiger partial charge on any atom is -0.481 e. The van der Waals surface area contributed by atoms with Crippen LogP contribution in [0.3, 0.4) is 0 Å². The summed E-state index contributed by atoms with van der Waals surface area (Å²) in [5.74, 6) is 0.333. The van der Waals surface area contributed by atoms with Gasteiger partial charge in [0.25, 0.3) is 0 Å². The van der Waals surface area contributed by atoms with Gasteiger partial charge in [-0.1, -0.05) is 26.2 Å². The van der Waals surface area contributed by atoms with Crippen LogP contribution in [0.15, 0.2) is 55.2 Å². The van der Waals surface area contributed by atoms with E-state index in [2.05, 4.69) is 45.5 Å². The van der Waals surface area contributed by atoms with Crippen LogP contribution in [0.5, 0.6) is 0 Å². The lowest BCUT2D eigenvalue weighted by Crippen LogP contribution is -2.05. The zero-order valence-electron chi connectivity index (χ0n) is 17.5. The van der Waals surface area contributed by atoms with Crippen molar-refractivity contribution in [2.75, 3.05) is 11.9 Å². The van der Waals surface area contributed by atoms with E-state index < -0.39 is 5.97 Å². The molecule has 4 aromatic rings. The first-order chi connectivity index (χ1) is 15.1. The number of fused-ring (bicyclic) bond motifs is 1. The smallest absolute Gasteiger partial charge is 0.307 e. The van der Waals surface area contributed by atoms with Gasteiger partial charge in [0.1, 0.15) is 0 Å². The van der Waals surface area contributed by atoms with Crippen LogP contribution in [-0.4, -0.2) is 41.9 Å². The molecule has 3 aromatic heterocycles. The molecule has 8 nitrogen and oxygen atoms in total. The molecule has 0 aliphatic carbocycles. The number of rotatable bonds is 10. The maximum Gasteiger partial charge on any atom is 0.307 e. The predicted octanol–water partition coefficient (Wildman–Crippen LogP) is 4.23. The van der Waals surface area contributed by atoms with Crippen LogP contribution in [0, 0.1) is 0 Å². The fourth-order valence-corrected chi connectivity index (χ4v) is 3.53. The van der Waals surface area contributed by atoms with E-state index in [4.69, 9.17) is 5.11 Å². The molecule has 8 heteroatoms. The first-order valence-corrected chi connectivity index (χ1v) is 10.6. The Hall–Kier alpha value is -3.68. The number of benzene rings is 1. The van der Waals surface area contributed by atoms with Crippen LogP contribution >= 0.6 is 0 Å². The van der Waals surface area contributed by atoms with Crippen LogP contribution in [0.1, 0.15) is 38.2 Å². The summed E-state index contributed by atoms with van der Waals surface area (Å²) in [6.07, 6.45) is 13.5. The molecule has 4 rings (SSSR count). The minimum atomic E-state index is -0.865. The highest BCUT2D eigenvalue weighted by molar-refractivity contribution is 5.83. The van der Waals surface area contributed by atoms with Gasteiger partial charge in [0.15, 0.2) is 11.6 Å². The van der Waals surface area contributed by atoms with Gasteiger partial charge in [-0.25, -0.2) is 9.67 Å². The number of anilines is 1. The maximum absolute atomic E-state index is 10.9. The summed E-state index contributed by atoms with van der Waals surface area (Å²) in [4.78, 5) is 19.9. The number of carboxylic acids is 1. The van der Waals surface area contributed by atoms with Crippen LogP contribution < -0.4 is 5.32 Å². The molecule has 0 saturated heterocycles. The van der Waals surface area contributed by atoms with Gasteiger partial charge >= 0.3 is 5.97 Å². The zero-order chi connectivity index (χ0) is 21.6. The highest BCUT2D eigenvalue weighted by atomic mass is 16.4. The van der Waals surface area contributed by atoms with Crippen molar-refractivity contribution in [2.45, 2.75) is 39.0 Å². The van der Waals surface area contributed by atoms with Crippen molar-refractivity contribution < 1.29 is 9.90 Å². The normalized spacial score (nSPS) is 11.1. The summed E-state index contributed by atoms with van der Waals surface area (Å²) >= 11 is 0. The highest BCUT2D eigenvalue weighted by Gasteiger charge is 2.10. The van der Waals surface area contributed by atoms with Crippen LogP contribution in [0.25, 0.3) is 22.5 Å². The molecule has 0 aliphatic heterocycles. The second-order valence-electron chi connectivity index (χ2n) is 7.55. The molecule has 2 N–H and O–H groups in total. The molecule has 0 spiro atoms. The molecule has 0 amide bonds. The third-order valence-electron chi connectivity index (χ3n) is 5.13. The fourth-order valence-electron chi connectivity index (χ4n) is 3.53. The second-order valence-corrected chi connectivity index (χ2v) is 7.55. The first kappa shape index (κ1) is 20.6.